The van der Waals surface area contributed by atoms with Crippen molar-refractivity contribution in [2.24, 2.45) is 0 Å². The summed E-state index contributed by atoms with van der Waals surface area (Å²) in [4.78, 5) is 11.0. The third kappa shape index (κ3) is 2.18. The number of fused-ring (bicyclic) bond motifs is 1. The lowest BCUT2D eigenvalue weighted by Crippen LogP contribution is -2.54. The van der Waals surface area contributed by atoms with Gasteiger partial charge < -0.3 is 23.7 Å². The molecule has 1 aromatic rings. The second kappa shape index (κ2) is 5.16. The zero-order valence-corrected chi connectivity index (χ0v) is 9.73. The smallest absolute Gasteiger partial charge is 0.184 e. The molecule has 2 saturated heterocycles. The molecule has 96 valence electrons. The lowest BCUT2D eigenvalue weighted by molar-refractivity contribution is -0.326. The number of hydrogen-bond acceptors (Lipinski definition) is 5. The average Bonchev–Trinajstić information content (AvgIpc) is 2.47. The fraction of sp³-hybridized carbons (Fsp3) is 0.462. The molecule has 0 unspecified atom stereocenters. The second-order valence-corrected chi connectivity index (χ2v) is 4.27. The molecular formula is C13H14O5. The Morgan fingerprint density at radius 3 is 2.72 bits per heavy atom. The minimum atomic E-state index is -0.584. The van der Waals surface area contributed by atoms with Crippen molar-refractivity contribution in [3.8, 4) is 0 Å². The number of carbonyl (C=O) groups is 1. The monoisotopic (exact) mass is 250 g/mol. The SMILES string of the molecule is O=C[C@H]1OCO[C@H]2CO[C@@H](c3ccccc3)O[C@H]21. The van der Waals surface area contributed by atoms with Gasteiger partial charge >= 0.3 is 0 Å². The lowest BCUT2D eigenvalue weighted by Gasteiger charge is -2.41. The number of carbonyl (C=O) groups excluding carboxylic acids is 1. The van der Waals surface area contributed by atoms with Gasteiger partial charge in [-0.2, -0.15) is 0 Å². The first-order chi connectivity index (χ1) is 8.88. The van der Waals surface area contributed by atoms with E-state index in [1.54, 1.807) is 0 Å². The Bertz CT molecular complexity index is 407. The highest BCUT2D eigenvalue weighted by Crippen LogP contribution is 2.31. The van der Waals surface area contributed by atoms with Crippen LogP contribution in [0.25, 0.3) is 0 Å². The normalized spacial score (nSPS) is 35.8. The zero-order chi connectivity index (χ0) is 12.4. The van der Waals surface area contributed by atoms with Crippen LogP contribution in [0.1, 0.15) is 11.9 Å². The van der Waals surface area contributed by atoms with E-state index in [2.05, 4.69) is 0 Å². The molecule has 0 aromatic heterocycles. The molecular weight excluding hydrogens is 236 g/mol. The number of benzene rings is 1. The van der Waals surface area contributed by atoms with E-state index >= 15 is 0 Å². The van der Waals surface area contributed by atoms with E-state index in [4.69, 9.17) is 18.9 Å². The van der Waals surface area contributed by atoms with Crippen LogP contribution >= 0.6 is 0 Å². The predicted octanol–water partition coefficient (Wildman–Crippen LogP) is 1.04. The third-order valence-corrected chi connectivity index (χ3v) is 3.13. The largest absolute Gasteiger partial charge is 0.347 e. The molecule has 0 saturated carbocycles. The maximum Gasteiger partial charge on any atom is 0.184 e. The fourth-order valence-corrected chi connectivity index (χ4v) is 2.18. The van der Waals surface area contributed by atoms with E-state index in [9.17, 15) is 4.79 Å². The highest BCUT2D eigenvalue weighted by molar-refractivity contribution is 5.57. The second-order valence-electron chi connectivity index (χ2n) is 4.27. The van der Waals surface area contributed by atoms with Gasteiger partial charge in [-0.15, -0.1) is 0 Å². The van der Waals surface area contributed by atoms with Gasteiger partial charge in [0.05, 0.1) is 6.61 Å². The van der Waals surface area contributed by atoms with Crippen LogP contribution in [0.4, 0.5) is 0 Å². The molecule has 0 aliphatic carbocycles. The number of aldehydes is 1. The van der Waals surface area contributed by atoms with E-state index in [0.29, 0.717) is 6.61 Å². The summed E-state index contributed by atoms with van der Waals surface area (Å²) < 4.78 is 22.0. The van der Waals surface area contributed by atoms with Crippen LogP contribution < -0.4 is 0 Å². The van der Waals surface area contributed by atoms with E-state index in [1.807, 2.05) is 30.3 Å². The Balaban J connectivity index is 1.76. The summed E-state index contributed by atoms with van der Waals surface area (Å²) >= 11 is 0. The molecule has 0 N–H and O–H groups in total. The summed E-state index contributed by atoms with van der Waals surface area (Å²) in [5, 5.41) is 0. The summed E-state index contributed by atoms with van der Waals surface area (Å²) in [6.07, 6.45) is -0.948. The molecule has 2 fully saturated rings. The topological polar surface area (TPSA) is 54.0 Å². The maximum absolute atomic E-state index is 11.0. The minimum Gasteiger partial charge on any atom is -0.347 e. The summed E-state index contributed by atoms with van der Waals surface area (Å²) in [6.45, 7) is 0.505. The Morgan fingerprint density at radius 1 is 1.11 bits per heavy atom. The maximum atomic E-state index is 11.0. The summed E-state index contributed by atoms with van der Waals surface area (Å²) in [5.74, 6) is 0. The van der Waals surface area contributed by atoms with Crippen molar-refractivity contribution in [1.82, 2.24) is 0 Å². The van der Waals surface area contributed by atoms with Crippen LogP contribution in [0.2, 0.25) is 0 Å². The van der Waals surface area contributed by atoms with E-state index in [-0.39, 0.29) is 12.9 Å². The van der Waals surface area contributed by atoms with Crippen molar-refractivity contribution in [1.29, 1.82) is 0 Å². The minimum absolute atomic E-state index is 0.104. The van der Waals surface area contributed by atoms with Crippen molar-refractivity contribution in [3.05, 3.63) is 35.9 Å². The summed E-state index contributed by atoms with van der Waals surface area (Å²) in [6, 6.07) is 9.60. The van der Waals surface area contributed by atoms with E-state index < -0.39 is 18.5 Å². The number of hydrogen-bond donors (Lipinski definition) is 0. The van der Waals surface area contributed by atoms with Gasteiger partial charge in [0.25, 0.3) is 0 Å². The Labute approximate surface area is 105 Å². The average molecular weight is 250 g/mol. The quantitative estimate of drug-likeness (QED) is 0.734. The van der Waals surface area contributed by atoms with Crippen LogP contribution in [0.15, 0.2) is 30.3 Å². The number of ether oxygens (including phenoxy) is 4. The van der Waals surface area contributed by atoms with Gasteiger partial charge in [0.2, 0.25) is 0 Å². The van der Waals surface area contributed by atoms with Crippen LogP contribution in [-0.2, 0) is 23.7 Å². The van der Waals surface area contributed by atoms with Crippen molar-refractivity contribution in [3.63, 3.8) is 0 Å². The van der Waals surface area contributed by atoms with Crippen LogP contribution in [-0.4, -0.2) is 38.0 Å². The molecule has 3 rings (SSSR count). The van der Waals surface area contributed by atoms with Crippen LogP contribution in [0.5, 0.6) is 0 Å². The van der Waals surface area contributed by atoms with Crippen molar-refractivity contribution < 1.29 is 23.7 Å². The van der Waals surface area contributed by atoms with Gasteiger partial charge in [-0.1, -0.05) is 30.3 Å². The molecule has 0 spiro atoms. The highest BCUT2D eigenvalue weighted by Gasteiger charge is 2.42. The van der Waals surface area contributed by atoms with E-state index in [1.165, 1.54) is 0 Å². The standard InChI is InChI=1S/C13H14O5/c14-6-10-12-11(17-8-16-10)7-15-13(18-12)9-4-2-1-3-5-9/h1-6,10-13H,7-8H2/t10-,11+,12+,13-/m1/s1. The summed E-state index contributed by atoms with van der Waals surface area (Å²) in [5.41, 5.74) is 0.922. The first-order valence-corrected chi connectivity index (χ1v) is 5.89. The third-order valence-electron chi connectivity index (χ3n) is 3.13. The van der Waals surface area contributed by atoms with Crippen molar-refractivity contribution in [2.75, 3.05) is 13.4 Å². The van der Waals surface area contributed by atoms with Gasteiger partial charge in [-0.05, 0) is 0 Å². The summed E-state index contributed by atoms with van der Waals surface area (Å²) in [7, 11) is 0. The zero-order valence-electron chi connectivity index (χ0n) is 9.73. The molecule has 0 bridgehead atoms. The Kier molecular flexibility index (Phi) is 3.38. The van der Waals surface area contributed by atoms with E-state index in [0.717, 1.165) is 11.8 Å². The van der Waals surface area contributed by atoms with Gasteiger partial charge in [0.15, 0.2) is 12.6 Å². The molecule has 2 aliphatic rings. The molecule has 4 atom stereocenters. The molecule has 1 aromatic carbocycles. The number of rotatable bonds is 2. The Morgan fingerprint density at radius 2 is 1.94 bits per heavy atom. The molecule has 2 aliphatic heterocycles. The molecule has 0 radical (unpaired) electrons. The van der Waals surface area contributed by atoms with Crippen molar-refractivity contribution in [2.45, 2.75) is 24.6 Å². The first kappa shape index (κ1) is 11.8. The van der Waals surface area contributed by atoms with Gasteiger partial charge in [-0.25, -0.2) is 0 Å². The van der Waals surface area contributed by atoms with Crippen LogP contribution in [0.3, 0.4) is 0 Å². The molecule has 5 nitrogen and oxygen atoms in total. The van der Waals surface area contributed by atoms with Crippen LogP contribution in [0, 0.1) is 0 Å². The lowest BCUT2D eigenvalue weighted by atomic mass is 10.1. The fourth-order valence-electron chi connectivity index (χ4n) is 2.18. The highest BCUT2D eigenvalue weighted by atomic mass is 16.8. The first-order valence-electron chi connectivity index (χ1n) is 5.89. The van der Waals surface area contributed by atoms with Gasteiger partial charge in [-0.3, -0.25) is 0 Å². The van der Waals surface area contributed by atoms with Gasteiger partial charge in [0, 0.05) is 5.56 Å². The molecule has 2 heterocycles. The van der Waals surface area contributed by atoms with Crippen molar-refractivity contribution >= 4 is 6.29 Å². The predicted molar refractivity (Wildman–Crippen MR) is 60.7 cm³/mol. The molecule has 0 amide bonds. The van der Waals surface area contributed by atoms with Gasteiger partial charge in [0.1, 0.15) is 25.1 Å². The Hall–Kier alpha value is -1.27. The molecule has 18 heavy (non-hydrogen) atoms. The molecule has 5 heteroatoms.